The van der Waals surface area contributed by atoms with Gasteiger partial charge in [-0.15, -0.1) is 0 Å². The third-order valence-electron chi connectivity index (χ3n) is 4.49. The molecule has 0 atom stereocenters. The minimum Gasteiger partial charge on any atom is -0.240 e. The summed E-state index contributed by atoms with van der Waals surface area (Å²) < 4.78 is 27.6. The van der Waals surface area contributed by atoms with E-state index in [0.29, 0.717) is 17.5 Å². The second-order valence-corrected chi connectivity index (χ2v) is 6.04. The molecule has 0 saturated carbocycles. The van der Waals surface area contributed by atoms with Crippen LogP contribution in [-0.2, 0) is 19.3 Å². The third kappa shape index (κ3) is 3.01. The lowest BCUT2D eigenvalue weighted by Gasteiger charge is -2.11. The number of hydrogen-bond acceptors (Lipinski definition) is 2. The van der Waals surface area contributed by atoms with Gasteiger partial charge in [0.1, 0.15) is 18.0 Å². The first-order valence-electron chi connectivity index (χ1n) is 8.23. The number of nitrogens with zero attached hydrogens (tertiary/aromatic N) is 2. The third-order valence-corrected chi connectivity index (χ3v) is 4.49. The molecular formula is C20H20F2N2. The van der Waals surface area contributed by atoms with E-state index in [2.05, 4.69) is 35.9 Å². The van der Waals surface area contributed by atoms with E-state index >= 15 is 0 Å². The van der Waals surface area contributed by atoms with Gasteiger partial charge in [0.2, 0.25) is 0 Å². The summed E-state index contributed by atoms with van der Waals surface area (Å²) in [5, 5.41) is 0.938. The van der Waals surface area contributed by atoms with Crippen LogP contribution in [0.5, 0.6) is 0 Å². The van der Waals surface area contributed by atoms with E-state index < -0.39 is 11.6 Å². The van der Waals surface area contributed by atoms with Gasteiger partial charge < -0.3 is 0 Å². The molecule has 24 heavy (non-hydrogen) atoms. The fourth-order valence-corrected chi connectivity index (χ4v) is 3.08. The number of aryl methyl sites for hydroxylation is 3. The molecule has 1 heterocycles. The molecule has 0 aliphatic heterocycles. The Kier molecular flexibility index (Phi) is 4.56. The summed E-state index contributed by atoms with van der Waals surface area (Å²) in [6, 6.07) is 6.70. The molecule has 0 unspecified atom stereocenters. The lowest BCUT2D eigenvalue weighted by molar-refractivity contribution is 0.569. The van der Waals surface area contributed by atoms with E-state index in [4.69, 9.17) is 0 Å². The van der Waals surface area contributed by atoms with Crippen molar-refractivity contribution in [2.45, 2.75) is 40.0 Å². The predicted octanol–water partition coefficient (Wildman–Crippen LogP) is 4.93. The Labute approximate surface area is 140 Å². The maximum atomic E-state index is 14.1. The molecule has 3 rings (SSSR count). The van der Waals surface area contributed by atoms with Gasteiger partial charge in [0.05, 0.1) is 11.2 Å². The van der Waals surface area contributed by atoms with Crippen LogP contribution in [-0.4, -0.2) is 9.97 Å². The summed E-state index contributed by atoms with van der Waals surface area (Å²) in [6.45, 7) is 5.88. The zero-order chi connectivity index (χ0) is 17.3. The fraction of sp³-hybridized carbons (Fsp3) is 0.300. The molecule has 2 nitrogen and oxygen atoms in total. The minimum atomic E-state index is -0.536. The maximum Gasteiger partial charge on any atom is 0.129 e. The molecule has 0 aliphatic rings. The largest absolute Gasteiger partial charge is 0.240 e. The zero-order valence-corrected chi connectivity index (χ0v) is 14.2. The molecule has 0 saturated heterocycles. The molecule has 0 amide bonds. The Balaban J connectivity index is 2.11. The Morgan fingerprint density at radius 1 is 0.833 bits per heavy atom. The highest BCUT2D eigenvalue weighted by molar-refractivity contribution is 5.82. The monoisotopic (exact) mass is 326 g/mol. The Morgan fingerprint density at radius 3 is 2.25 bits per heavy atom. The van der Waals surface area contributed by atoms with Crippen LogP contribution in [0.3, 0.4) is 0 Å². The van der Waals surface area contributed by atoms with Gasteiger partial charge in [0, 0.05) is 17.9 Å². The normalized spacial score (nSPS) is 11.2. The van der Waals surface area contributed by atoms with E-state index in [1.54, 1.807) is 13.0 Å². The van der Waals surface area contributed by atoms with E-state index in [1.165, 1.54) is 17.5 Å². The van der Waals surface area contributed by atoms with E-state index in [9.17, 15) is 8.78 Å². The van der Waals surface area contributed by atoms with Gasteiger partial charge >= 0.3 is 0 Å². The summed E-state index contributed by atoms with van der Waals surface area (Å²) in [5.41, 5.74) is 5.06. The molecule has 0 aliphatic carbocycles. The molecule has 0 bridgehead atoms. The molecule has 0 radical (unpaired) electrons. The van der Waals surface area contributed by atoms with Crippen molar-refractivity contribution >= 4 is 10.9 Å². The summed E-state index contributed by atoms with van der Waals surface area (Å²) >= 11 is 0. The lowest BCUT2D eigenvalue weighted by atomic mass is 9.97. The molecule has 124 valence electrons. The predicted molar refractivity (Wildman–Crippen MR) is 92.2 cm³/mol. The van der Waals surface area contributed by atoms with Crippen molar-refractivity contribution in [3.63, 3.8) is 0 Å². The van der Waals surface area contributed by atoms with Crippen LogP contribution >= 0.6 is 0 Å². The number of rotatable bonds is 4. The first-order valence-corrected chi connectivity index (χ1v) is 8.23. The molecule has 3 aromatic rings. The average Bonchev–Trinajstić information content (AvgIpc) is 2.58. The van der Waals surface area contributed by atoms with E-state index in [-0.39, 0.29) is 0 Å². The van der Waals surface area contributed by atoms with Crippen LogP contribution in [0.4, 0.5) is 8.78 Å². The van der Waals surface area contributed by atoms with Crippen molar-refractivity contribution in [1.29, 1.82) is 0 Å². The van der Waals surface area contributed by atoms with Crippen LogP contribution in [0, 0.1) is 18.6 Å². The van der Waals surface area contributed by atoms with E-state index in [0.717, 1.165) is 35.5 Å². The molecule has 2 aromatic carbocycles. The van der Waals surface area contributed by atoms with Gasteiger partial charge in [0.15, 0.2) is 0 Å². The first-order chi connectivity index (χ1) is 11.5. The van der Waals surface area contributed by atoms with Crippen molar-refractivity contribution in [1.82, 2.24) is 9.97 Å². The van der Waals surface area contributed by atoms with Crippen LogP contribution in [0.2, 0.25) is 0 Å². The lowest BCUT2D eigenvalue weighted by Crippen LogP contribution is -2.01. The van der Waals surface area contributed by atoms with Crippen molar-refractivity contribution < 1.29 is 8.78 Å². The molecular weight excluding hydrogens is 306 g/mol. The van der Waals surface area contributed by atoms with Gasteiger partial charge in [-0.2, -0.15) is 0 Å². The summed E-state index contributed by atoms with van der Waals surface area (Å²) in [7, 11) is 0. The highest BCUT2D eigenvalue weighted by Crippen LogP contribution is 2.25. The Hall–Kier alpha value is -2.36. The van der Waals surface area contributed by atoms with Gasteiger partial charge in [-0.3, -0.25) is 0 Å². The van der Waals surface area contributed by atoms with E-state index in [1.807, 2.05) is 0 Å². The summed E-state index contributed by atoms with van der Waals surface area (Å²) in [4.78, 5) is 8.71. The molecule has 1 aromatic heterocycles. The average molecular weight is 326 g/mol. The topological polar surface area (TPSA) is 25.8 Å². The molecule has 0 N–H and O–H groups in total. The molecule has 4 heteroatoms. The maximum absolute atomic E-state index is 14.1. The van der Waals surface area contributed by atoms with Gasteiger partial charge in [-0.1, -0.05) is 13.8 Å². The van der Waals surface area contributed by atoms with Crippen LogP contribution in [0.15, 0.2) is 30.6 Å². The first kappa shape index (κ1) is 16.5. The van der Waals surface area contributed by atoms with Crippen molar-refractivity contribution in [2.24, 2.45) is 0 Å². The van der Waals surface area contributed by atoms with Crippen molar-refractivity contribution in [2.75, 3.05) is 0 Å². The highest BCUT2D eigenvalue weighted by atomic mass is 19.1. The number of halogens is 2. The second-order valence-electron chi connectivity index (χ2n) is 6.04. The molecule has 0 fully saturated rings. The quantitative estimate of drug-likeness (QED) is 0.679. The Morgan fingerprint density at radius 2 is 1.54 bits per heavy atom. The van der Waals surface area contributed by atoms with Gasteiger partial charge in [-0.05, 0) is 60.2 Å². The van der Waals surface area contributed by atoms with Gasteiger partial charge in [0.25, 0.3) is 0 Å². The fourth-order valence-electron chi connectivity index (χ4n) is 3.08. The number of fused-ring (bicyclic) bond motifs is 1. The van der Waals surface area contributed by atoms with Crippen molar-refractivity contribution in [3.05, 3.63) is 70.2 Å². The number of benzene rings is 2. The smallest absolute Gasteiger partial charge is 0.129 e. The zero-order valence-electron chi connectivity index (χ0n) is 14.2. The standard InChI is InChI=1S/C20H20F2N2/c1-4-13-7-16-19(8-14(13)5-2)23-11-24-20(16)9-15-6-12(3)17(21)10-18(15)22/h6-8,10-11H,4-5,9H2,1-3H3. The number of aromatic nitrogens is 2. The number of hydrogen-bond donors (Lipinski definition) is 0. The molecule has 0 spiro atoms. The second kappa shape index (κ2) is 6.63. The Bertz CT molecular complexity index is 904. The SMILES string of the molecule is CCc1cc2ncnc(Cc3cc(C)c(F)cc3F)c2cc1CC. The summed E-state index contributed by atoms with van der Waals surface area (Å²) in [5.74, 6) is -1.06. The summed E-state index contributed by atoms with van der Waals surface area (Å²) in [6.07, 6.45) is 3.71. The van der Waals surface area contributed by atoms with Crippen molar-refractivity contribution in [3.8, 4) is 0 Å². The van der Waals surface area contributed by atoms with Crippen LogP contribution < -0.4 is 0 Å². The minimum absolute atomic E-state index is 0.320. The van der Waals surface area contributed by atoms with Gasteiger partial charge in [-0.25, -0.2) is 18.7 Å². The van der Waals surface area contributed by atoms with Crippen LogP contribution in [0.1, 0.15) is 41.8 Å². The van der Waals surface area contributed by atoms with Crippen LogP contribution in [0.25, 0.3) is 10.9 Å². The highest BCUT2D eigenvalue weighted by Gasteiger charge is 2.13.